The van der Waals surface area contributed by atoms with Crippen molar-refractivity contribution in [1.82, 2.24) is 9.97 Å². The van der Waals surface area contributed by atoms with Crippen molar-refractivity contribution in [1.29, 1.82) is 0 Å². The maximum Gasteiger partial charge on any atom is 0.145 e. The number of hydrogen-bond donors (Lipinski definition) is 2. The van der Waals surface area contributed by atoms with Crippen LogP contribution < -0.4 is 10.6 Å². The summed E-state index contributed by atoms with van der Waals surface area (Å²) in [4.78, 5) is 8.62. The van der Waals surface area contributed by atoms with Gasteiger partial charge in [0.25, 0.3) is 0 Å². The summed E-state index contributed by atoms with van der Waals surface area (Å²) in [5.74, 6) is 3.35. The van der Waals surface area contributed by atoms with E-state index in [1.54, 1.807) is 6.33 Å². The highest BCUT2D eigenvalue weighted by Crippen LogP contribution is 2.31. The number of rotatable bonds is 6. The minimum absolute atomic E-state index is 0.762. The molecule has 2 N–H and O–H groups in total. The molecule has 1 aliphatic carbocycles. The topological polar surface area (TPSA) is 49.8 Å². The molecule has 0 radical (unpaired) electrons. The van der Waals surface area contributed by atoms with Gasteiger partial charge in [-0.05, 0) is 40.6 Å². The van der Waals surface area contributed by atoms with Gasteiger partial charge in [-0.15, -0.1) is 0 Å². The van der Waals surface area contributed by atoms with Crippen molar-refractivity contribution in [3.05, 3.63) is 10.8 Å². The van der Waals surface area contributed by atoms with E-state index < -0.39 is 0 Å². The molecule has 0 amide bonds. The fraction of sp³-hybridized carbons (Fsp3) is 0.733. The van der Waals surface area contributed by atoms with Crippen molar-refractivity contribution in [3.63, 3.8) is 0 Å². The third kappa shape index (κ3) is 4.08. The largest absolute Gasteiger partial charge is 0.369 e. The first kappa shape index (κ1) is 15.5. The molecule has 1 aromatic rings. The number of halogens is 1. The fourth-order valence-corrected chi connectivity index (χ4v) is 3.27. The third-order valence-corrected chi connectivity index (χ3v) is 4.90. The van der Waals surface area contributed by atoms with Crippen LogP contribution in [0, 0.1) is 11.8 Å². The molecule has 0 spiro atoms. The lowest BCUT2D eigenvalue weighted by Crippen LogP contribution is -2.24. The van der Waals surface area contributed by atoms with Crippen molar-refractivity contribution < 1.29 is 0 Å². The van der Waals surface area contributed by atoms with Crippen molar-refractivity contribution in [2.45, 2.75) is 46.0 Å². The molecule has 1 saturated carbocycles. The summed E-state index contributed by atoms with van der Waals surface area (Å²) in [5.41, 5.74) is 0. The second-order valence-corrected chi connectivity index (χ2v) is 6.51. The summed E-state index contributed by atoms with van der Waals surface area (Å²) >= 11 is 3.60. The monoisotopic (exact) mass is 340 g/mol. The lowest BCUT2D eigenvalue weighted by Gasteiger charge is -2.29. The average molecular weight is 341 g/mol. The fourth-order valence-electron chi connectivity index (χ4n) is 2.78. The van der Waals surface area contributed by atoms with Crippen LogP contribution in [0.5, 0.6) is 0 Å². The molecule has 2 rings (SSSR count). The highest BCUT2D eigenvalue weighted by Gasteiger charge is 2.21. The standard InChI is InChI=1S/C15H25BrN4/c1-3-8-17-14-13(16)15(20-10-19-14)18-9-12-7-5-4-6-11(12)2/h10-12H,3-9H2,1-2H3,(H2,17,18,19,20). The normalized spacial score (nSPS) is 22.6. The van der Waals surface area contributed by atoms with Gasteiger partial charge in [-0.3, -0.25) is 0 Å². The first-order valence-corrected chi connectivity index (χ1v) is 8.50. The van der Waals surface area contributed by atoms with Crippen LogP contribution >= 0.6 is 15.9 Å². The minimum atomic E-state index is 0.762. The van der Waals surface area contributed by atoms with Crippen molar-refractivity contribution >= 4 is 27.6 Å². The predicted octanol–water partition coefficient (Wildman–Crippen LogP) is 4.30. The predicted molar refractivity (Wildman–Crippen MR) is 88.1 cm³/mol. The van der Waals surface area contributed by atoms with E-state index in [4.69, 9.17) is 0 Å². The number of nitrogens with zero attached hydrogens (tertiary/aromatic N) is 2. The summed E-state index contributed by atoms with van der Waals surface area (Å²) < 4.78 is 0.942. The van der Waals surface area contributed by atoms with Gasteiger partial charge in [0.05, 0.1) is 0 Å². The number of aromatic nitrogens is 2. The maximum atomic E-state index is 4.35. The molecule has 20 heavy (non-hydrogen) atoms. The zero-order valence-electron chi connectivity index (χ0n) is 12.5. The second-order valence-electron chi connectivity index (χ2n) is 5.71. The molecule has 5 heteroatoms. The van der Waals surface area contributed by atoms with Gasteiger partial charge in [0.15, 0.2) is 0 Å². The van der Waals surface area contributed by atoms with E-state index in [0.29, 0.717) is 0 Å². The van der Waals surface area contributed by atoms with Gasteiger partial charge in [0.2, 0.25) is 0 Å². The van der Waals surface area contributed by atoms with E-state index in [-0.39, 0.29) is 0 Å². The summed E-state index contributed by atoms with van der Waals surface area (Å²) in [6.07, 6.45) is 8.15. The summed E-state index contributed by atoms with van der Waals surface area (Å²) in [6.45, 7) is 6.44. The Labute approximate surface area is 130 Å². The lowest BCUT2D eigenvalue weighted by molar-refractivity contribution is 0.268. The molecule has 0 aromatic carbocycles. The van der Waals surface area contributed by atoms with Crippen LogP contribution in [0.4, 0.5) is 11.6 Å². The van der Waals surface area contributed by atoms with E-state index in [0.717, 1.165) is 47.5 Å². The van der Waals surface area contributed by atoms with E-state index in [9.17, 15) is 0 Å². The molecule has 0 saturated heterocycles. The third-order valence-electron chi connectivity index (χ3n) is 4.15. The van der Waals surface area contributed by atoms with Crippen LogP contribution in [-0.2, 0) is 0 Å². The Kier molecular flexibility index (Phi) is 6.07. The van der Waals surface area contributed by atoms with Gasteiger partial charge in [-0.25, -0.2) is 9.97 Å². The molecule has 4 nitrogen and oxygen atoms in total. The SMILES string of the molecule is CCCNc1ncnc(NCC2CCCCC2C)c1Br. The minimum Gasteiger partial charge on any atom is -0.369 e. The molecule has 2 unspecified atom stereocenters. The van der Waals surface area contributed by atoms with Crippen LogP contribution in [0.1, 0.15) is 46.0 Å². The molecule has 2 atom stereocenters. The van der Waals surface area contributed by atoms with Crippen LogP contribution in [0.15, 0.2) is 10.8 Å². The van der Waals surface area contributed by atoms with Gasteiger partial charge >= 0.3 is 0 Å². The van der Waals surface area contributed by atoms with Gasteiger partial charge in [0, 0.05) is 13.1 Å². The summed E-state index contributed by atoms with van der Waals surface area (Å²) in [6, 6.07) is 0. The molecule has 1 aliphatic rings. The maximum absolute atomic E-state index is 4.35. The van der Waals surface area contributed by atoms with Gasteiger partial charge < -0.3 is 10.6 Å². The van der Waals surface area contributed by atoms with Crippen LogP contribution in [0.25, 0.3) is 0 Å². The molecule has 112 valence electrons. The zero-order chi connectivity index (χ0) is 14.4. The number of nitrogens with one attached hydrogen (secondary N) is 2. The first-order valence-electron chi connectivity index (χ1n) is 7.70. The smallest absolute Gasteiger partial charge is 0.145 e. The molecule has 1 fully saturated rings. The number of anilines is 2. The van der Waals surface area contributed by atoms with E-state index >= 15 is 0 Å². The Morgan fingerprint density at radius 1 is 1.20 bits per heavy atom. The second kappa shape index (κ2) is 7.81. The highest BCUT2D eigenvalue weighted by molar-refractivity contribution is 9.10. The van der Waals surface area contributed by atoms with E-state index in [2.05, 4.69) is 50.4 Å². The lowest BCUT2D eigenvalue weighted by atomic mass is 9.80. The first-order chi connectivity index (χ1) is 9.72. The van der Waals surface area contributed by atoms with Crippen molar-refractivity contribution in [2.24, 2.45) is 11.8 Å². The zero-order valence-corrected chi connectivity index (χ0v) is 14.0. The Balaban J connectivity index is 1.95. The van der Waals surface area contributed by atoms with Crippen molar-refractivity contribution in [3.8, 4) is 0 Å². The Hall–Kier alpha value is -0.840. The molecular weight excluding hydrogens is 316 g/mol. The van der Waals surface area contributed by atoms with Gasteiger partial charge in [0.1, 0.15) is 22.4 Å². The van der Waals surface area contributed by atoms with Gasteiger partial charge in [-0.2, -0.15) is 0 Å². The Morgan fingerprint density at radius 3 is 2.60 bits per heavy atom. The van der Waals surface area contributed by atoms with Crippen LogP contribution in [-0.4, -0.2) is 23.1 Å². The van der Waals surface area contributed by atoms with Crippen LogP contribution in [0.2, 0.25) is 0 Å². The molecule has 0 aliphatic heterocycles. The summed E-state index contributed by atoms with van der Waals surface area (Å²) in [7, 11) is 0. The van der Waals surface area contributed by atoms with Crippen molar-refractivity contribution in [2.75, 3.05) is 23.7 Å². The molecular formula is C15H25BrN4. The molecule has 1 aromatic heterocycles. The Morgan fingerprint density at radius 2 is 1.90 bits per heavy atom. The van der Waals surface area contributed by atoms with Crippen LogP contribution in [0.3, 0.4) is 0 Å². The van der Waals surface area contributed by atoms with Gasteiger partial charge in [-0.1, -0.05) is 33.1 Å². The quantitative estimate of drug-likeness (QED) is 0.810. The highest BCUT2D eigenvalue weighted by atomic mass is 79.9. The summed E-state index contributed by atoms with van der Waals surface area (Å²) in [5, 5.41) is 6.80. The molecule has 0 bridgehead atoms. The number of hydrogen-bond acceptors (Lipinski definition) is 4. The molecule has 1 heterocycles. The van der Waals surface area contributed by atoms with E-state index in [1.165, 1.54) is 25.7 Å². The average Bonchev–Trinajstić information content (AvgIpc) is 2.46. The van der Waals surface area contributed by atoms with E-state index in [1.807, 2.05) is 0 Å². The Bertz CT molecular complexity index is 424.